The highest BCUT2D eigenvalue weighted by Crippen LogP contribution is 2.33. The van der Waals surface area contributed by atoms with E-state index in [-0.39, 0.29) is 24.4 Å². The van der Waals surface area contributed by atoms with E-state index in [0.717, 1.165) is 31.4 Å². The number of hydrogen-bond donors (Lipinski definition) is 0. The summed E-state index contributed by atoms with van der Waals surface area (Å²) in [4.78, 5) is 26.0. The second-order valence-electron chi connectivity index (χ2n) is 6.22. The minimum Gasteiger partial charge on any atom is -0.479 e. The highest BCUT2D eigenvalue weighted by atomic mass is 16.5. The van der Waals surface area contributed by atoms with Crippen molar-refractivity contribution in [2.75, 3.05) is 11.4 Å². The van der Waals surface area contributed by atoms with E-state index < -0.39 is 6.10 Å². The van der Waals surface area contributed by atoms with Crippen LogP contribution in [0.5, 0.6) is 5.75 Å². The summed E-state index contributed by atoms with van der Waals surface area (Å²) in [5.41, 5.74) is 0.723. The van der Waals surface area contributed by atoms with Crippen molar-refractivity contribution in [1.82, 2.24) is 0 Å². The Morgan fingerprint density at radius 1 is 1.26 bits per heavy atom. The van der Waals surface area contributed by atoms with Crippen molar-refractivity contribution in [2.45, 2.75) is 57.7 Å². The summed E-state index contributed by atoms with van der Waals surface area (Å²) in [6.45, 7) is 2.06. The summed E-state index contributed by atoms with van der Waals surface area (Å²) in [5, 5.41) is 0. The Morgan fingerprint density at radius 2 is 2.00 bits per heavy atom. The van der Waals surface area contributed by atoms with Crippen LogP contribution in [0.2, 0.25) is 0 Å². The van der Waals surface area contributed by atoms with Crippen LogP contribution < -0.4 is 9.64 Å². The molecule has 2 aliphatic rings. The van der Waals surface area contributed by atoms with Gasteiger partial charge in [-0.25, -0.2) is 0 Å². The SMILES string of the molecule is CC1Oc2ccccc2N(CCC(=O)OC2CCCCC2)C1=O. The lowest BCUT2D eigenvalue weighted by Crippen LogP contribution is -2.45. The molecule has 3 rings (SSSR count). The Labute approximate surface area is 136 Å². The molecule has 0 N–H and O–H groups in total. The minimum absolute atomic E-state index is 0.0582. The smallest absolute Gasteiger partial charge is 0.307 e. The fourth-order valence-corrected chi connectivity index (χ4v) is 3.22. The number of para-hydroxylation sites is 2. The first-order valence-corrected chi connectivity index (χ1v) is 8.41. The molecule has 5 nitrogen and oxygen atoms in total. The zero-order valence-electron chi connectivity index (χ0n) is 13.5. The summed E-state index contributed by atoms with van der Waals surface area (Å²) in [6.07, 6.45) is 5.15. The van der Waals surface area contributed by atoms with Gasteiger partial charge in [-0.1, -0.05) is 18.6 Å². The van der Waals surface area contributed by atoms with Crippen molar-refractivity contribution < 1.29 is 19.1 Å². The van der Waals surface area contributed by atoms with Crippen LogP contribution in [0.4, 0.5) is 5.69 Å². The number of carbonyl (C=O) groups is 2. The molecule has 0 aromatic heterocycles. The third kappa shape index (κ3) is 3.66. The summed E-state index contributed by atoms with van der Waals surface area (Å²) in [5.74, 6) is 0.343. The fourth-order valence-electron chi connectivity index (χ4n) is 3.22. The Balaban J connectivity index is 1.60. The van der Waals surface area contributed by atoms with Gasteiger partial charge in [-0.3, -0.25) is 9.59 Å². The second kappa shape index (κ2) is 7.02. The molecule has 1 amide bonds. The van der Waals surface area contributed by atoms with Crippen LogP contribution in [0.25, 0.3) is 0 Å². The van der Waals surface area contributed by atoms with Gasteiger partial charge in [-0.2, -0.15) is 0 Å². The minimum atomic E-state index is -0.528. The first-order valence-electron chi connectivity index (χ1n) is 8.41. The number of ether oxygens (including phenoxy) is 2. The Bertz CT molecular complexity index is 580. The van der Waals surface area contributed by atoms with Gasteiger partial charge in [-0.15, -0.1) is 0 Å². The molecule has 0 spiro atoms. The number of benzene rings is 1. The average Bonchev–Trinajstić information content (AvgIpc) is 2.56. The maximum absolute atomic E-state index is 12.3. The van der Waals surface area contributed by atoms with Gasteiger partial charge in [0.15, 0.2) is 6.10 Å². The molecule has 1 unspecified atom stereocenters. The topological polar surface area (TPSA) is 55.8 Å². The van der Waals surface area contributed by atoms with E-state index >= 15 is 0 Å². The molecule has 23 heavy (non-hydrogen) atoms. The number of esters is 1. The van der Waals surface area contributed by atoms with Crippen LogP contribution in [0.1, 0.15) is 45.4 Å². The van der Waals surface area contributed by atoms with Crippen LogP contribution in [0.15, 0.2) is 24.3 Å². The van der Waals surface area contributed by atoms with Crippen LogP contribution in [0, 0.1) is 0 Å². The van der Waals surface area contributed by atoms with Crippen LogP contribution in [0.3, 0.4) is 0 Å². The molecule has 1 fully saturated rings. The van der Waals surface area contributed by atoms with Crippen molar-refractivity contribution in [3.05, 3.63) is 24.3 Å². The predicted molar refractivity (Wildman–Crippen MR) is 86.5 cm³/mol. The first kappa shape index (κ1) is 15.8. The number of rotatable bonds is 4. The molecular weight excluding hydrogens is 294 g/mol. The van der Waals surface area contributed by atoms with Crippen molar-refractivity contribution >= 4 is 17.6 Å². The normalized spacial score (nSPS) is 21.5. The van der Waals surface area contributed by atoms with Crippen LogP contribution >= 0.6 is 0 Å². The number of carbonyl (C=O) groups excluding carboxylic acids is 2. The molecule has 5 heteroatoms. The number of fused-ring (bicyclic) bond motifs is 1. The van der Waals surface area contributed by atoms with E-state index in [1.807, 2.05) is 24.3 Å². The third-order valence-corrected chi connectivity index (χ3v) is 4.46. The van der Waals surface area contributed by atoms with Gasteiger partial charge in [0.25, 0.3) is 5.91 Å². The Morgan fingerprint density at radius 3 is 2.78 bits per heavy atom. The number of hydrogen-bond acceptors (Lipinski definition) is 4. The maximum Gasteiger partial charge on any atom is 0.307 e. The predicted octanol–water partition coefficient (Wildman–Crippen LogP) is 3.07. The second-order valence-corrected chi connectivity index (χ2v) is 6.22. The van der Waals surface area contributed by atoms with Crippen LogP contribution in [-0.4, -0.2) is 30.6 Å². The van der Waals surface area contributed by atoms with Crippen molar-refractivity contribution in [3.63, 3.8) is 0 Å². The van der Waals surface area contributed by atoms with E-state index in [0.29, 0.717) is 12.3 Å². The monoisotopic (exact) mass is 317 g/mol. The summed E-state index contributed by atoms with van der Waals surface area (Å²) in [6, 6.07) is 7.41. The number of anilines is 1. The molecular formula is C18H23NO4. The van der Waals surface area contributed by atoms with Gasteiger partial charge in [0.1, 0.15) is 11.9 Å². The van der Waals surface area contributed by atoms with Gasteiger partial charge in [0.05, 0.1) is 12.1 Å². The van der Waals surface area contributed by atoms with Gasteiger partial charge in [-0.05, 0) is 44.7 Å². The summed E-state index contributed by atoms with van der Waals surface area (Å²) >= 11 is 0. The van der Waals surface area contributed by atoms with E-state index in [2.05, 4.69) is 0 Å². The third-order valence-electron chi connectivity index (χ3n) is 4.46. The highest BCUT2D eigenvalue weighted by Gasteiger charge is 2.31. The zero-order valence-corrected chi connectivity index (χ0v) is 13.5. The Hall–Kier alpha value is -2.04. The van der Waals surface area contributed by atoms with Gasteiger partial charge >= 0.3 is 5.97 Å². The summed E-state index contributed by atoms with van der Waals surface area (Å²) in [7, 11) is 0. The lowest BCUT2D eigenvalue weighted by molar-refractivity contribution is -0.150. The molecule has 1 aromatic rings. The highest BCUT2D eigenvalue weighted by molar-refractivity contribution is 6.00. The molecule has 1 saturated carbocycles. The molecule has 0 radical (unpaired) electrons. The largest absolute Gasteiger partial charge is 0.479 e. The first-order chi connectivity index (χ1) is 11.1. The zero-order chi connectivity index (χ0) is 16.2. The quantitative estimate of drug-likeness (QED) is 0.801. The molecule has 124 valence electrons. The Kier molecular flexibility index (Phi) is 4.84. The van der Waals surface area contributed by atoms with E-state index in [1.54, 1.807) is 11.8 Å². The van der Waals surface area contributed by atoms with Crippen molar-refractivity contribution in [3.8, 4) is 5.75 Å². The molecule has 1 atom stereocenters. The van der Waals surface area contributed by atoms with Gasteiger partial charge < -0.3 is 14.4 Å². The maximum atomic E-state index is 12.3. The lowest BCUT2D eigenvalue weighted by atomic mass is 9.98. The van der Waals surface area contributed by atoms with E-state index in [1.165, 1.54) is 6.42 Å². The summed E-state index contributed by atoms with van der Waals surface area (Å²) < 4.78 is 11.1. The van der Waals surface area contributed by atoms with Crippen molar-refractivity contribution in [1.29, 1.82) is 0 Å². The molecule has 0 saturated heterocycles. The molecule has 1 aliphatic carbocycles. The molecule has 0 bridgehead atoms. The number of nitrogens with zero attached hydrogens (tertiary/aromatic N) is 1. The van der Waals surface area contributed by atoms with E-state index in [4.69, 9.17) is 9.47 Å². The molecule has 1 aliphatic heterocycles. The average molecular weight is 317 g/mol. The fraction of sp³-hybridized carbons (Fsp3) is 0.556. The number of amides is 1. The molecule has 1 aromatic carbocycles. The van der Waals surface area contributed by atoms with Crippen molar-refractivity contribution in [2.24, 2.45) is 0 Å². The lowest BCUT2D eigenvalue weighted by Gasteiger charge is -2.33. The standard InChI is InChI=1S/C18H23NO4/c1-13-18(21)19(15-9-5-6-10-16(15)22-13)12-11-17(20)23-14-7-3-2-4-8-14/h5-6,9-10,13-14H,2-4,7-8,11-12H2,1H3. The molecule has 1 heterocycles. The van der Waals surface area contributed by atoms with Gasteiger partial charge in [0.2, 0.25) is 0 Å². The van der Waals surface area contributed by atoms with E-state index in [9.17, 15) is 9.59 Å². The van der Waals surface area contributed by atoms with Crippen LogP contribution in [-0.2, 0) is 14.3 Å². The van der Waals surface area contributed by atoms with Gasteiger partial charge in [0, 0.05) is 6.54 Å².